The summed E-state index contributed by atoms with van der Waals surface area (Å²) in [6.07, 6.45) is -1.46. The molecule has 0 radical (unpaired) electrons. The fourth-order valence-electron chi connectivity index (χ4n) is 2.47. The summed E-state index contributed by atoms with van der Waals surface area (Å²) in [5.41, 5.74) is -0.803. The molecular formula is C19H24ClNO4. The average molecular weight is 366 g/mol. The third kappa shape index (κ3) is 5.12. The van der Waals surface area contributed by atoms with Crippen LogP contribution in [0.15, 0.2) is 24.3 Å². The summed E-state index contributed by atoms with van der Waals surface area (Å²) in [7, 11) is 0. The minimum absolute atomic E-state index is 0.257. The van der Waals surface area contributed by atoms with E-state index in [-0.39, 0.29) is 6.61 Å². The quantitative estimate of drug-likeness (QED) is 0.770. The lowest BCUT2D eigenvalue weighted by molar-refractivity contribution is -0.0608. The minimum Gasteiger partial charge on any atom is -0.444 e. The molecular weight excluding hydrogens is 342 g/mol. The van der Waals surface area contributed by atoms with E-state index in [1.165, 1.54) is 4.90 Å². The smallest absolute Gasteiger partial charge is 0.413 e. The highest BCUT2D eigenvalue weighted by Gasteiger charge is 2.45. The van der Waals surface area contributed by atoms with Gasteiger partial charge in [-0.25, -0.2) is 4.79 Å². The number of aliphatic hydroxyl groups excluding tert-OH is 1. The third-order valence-corrected chi connectivity index (χ3v) is 3.90. The van der Waals surface area contributed by atoms with Crippen molar-refractivity contribution in [1.82, 2.24) is 4.90 Å². The van der Waals surface area contributed by atoms with Crippen LogP contribution in [-0.2, 0) is 9.47 Å². The molecule has 1 aromatic carbocycles. The van der Waals surface area contributed by atoms with Gasteiger partial charge in [0.05, 0.1) is 6.61 Å². The van der Waals surface area contributed by atoms with Crippen molar-refractivity contribution in [2.45, 2.75) is 58.1 Å². The molecule has 0 aliphatic carbocycles. The maximum atomic E-state index is 12.5. The van der Waals surface area contributed by atoms with E-state index >= 15 is 0 Å². The van der Waals surface area contributed by atoms with E-state index in [0.717, 1.165) is 0 Å². The Morgan fingerprint density at radius 1 is 1.40 bits per heavy atom. The number of benzene rings is 1. The number of halogens is 1. The van der Waals surface area contributed by atoms with Gasteiger partial charge < -0.3 is 14.6 Å². The van der Waals surface area contributed by atoms with Crippen LogP contribution in [-0.4, -0.2) is 40.1 Å². The van der Waals surface area contributed by atoms with E-state index in [9.17, 15) is 9.90 Å². The number of ether oxygens (including phenoxy) is 2. The van der Waals surface area contributed by atoms with Gasteiger partial charge in [-0.15, -0.1) is 0 Å². The molecule has 0 aromatic heterocycles. The van der Waals surface area contributed by atoms with E-state index in [4.69, 9.17) is 21.1 Å². The van der Waals surface area contributed by atoms with Crippen molar-refractivity contribution in [1.29, 1.82) is 0 Å². The molecule has 136 valence electrons. The molecule has 1 aromatic rings. The maximum Gasteiger partial charge on any atom is 0.413 e. The SMILES string of the molecule is CC(C)(C)OC(=O)N1C(C#CC(O)c2ccc(Cl)cc2)COC1(C)C. The topological polar surface area (TPSA) is 59.0 Å². The molecule has 1 fully saturated rings. The van der Waals surface area contributed by atoms with Crippen molar-refractivity contribution in [3.8, 4) is 11.8 Å². The van der Waals surface area contributed by atoms with Crippen molar-refractivity contribution in [3.05, 3.63) is 34.9 Å². The van der Waals surface area contributed by atoms with Crippen LogP contribution in [0.1, 0.15) is 46.3 Å². The minimum atomic E-state index is -0.971. The third-order valence-electron chi connectivity index (χ3n) is 3.65. The van der Waals surface area contributed by atoms with Gasteiger partial charge in [0, 0.05) is 5.02 Å². The van der Waals surface area contributed by atoms with Gasteiger partial charge in [0.1, 0.15) is 23.5 Å². The second-order valence-corrected chi connectivity index (χ2v) is 7.80. The lowest BCUT2D eigenvalue weighted by Crippen LogP contribution is -2.49. The molecule has 1 N–H and O–H groups in total. The number of amides is 1. The first-order chi connectivity index (χ1) is 11.5. The number of rotatable bonds is 1. The summed E-state index contributed by atoms with van der Waals surface area (Å²) < 4.78 is 11.1. The molecule has 1 heterocycles. The lowest BCUT2D eigenvalue weighted by atomic mass is 10.1. The summed E-state index contributed by atoms with van der Waals surface area (Å²) in [6.45, 7) is 9.24. The Hall–Kier alpha value is -1.74. The number of hydrogen-bond donors (Lipinski definition) is 1. The maximum absolute atomic E-state index is 12.5. The Labute approximate surface area is 153 Å². The Balaban J connectivity index is 2.17. The normalized spacial score (nSPS) is 20.6. The molecule has 0 spiro atoms. The molecule has 25 heavy (non-hydrogen) atoms. The van der Waals surface area contributed by atoms with E-state index in [0.29, 0.717) is 10.6 Å². The van der Waals surface area contributed by atoms with E-state index in [1.807, 2.05) is 0 Å². The fraction of sp³-hybridized carbons (Fsp3) is 0.526. The van der Waals surface area contributed by atoms with Crippen LogP contribution >= 0.6 is 11.6 Å². The molecule has 2 unspecified atom stereocenters. The van der Waals surface area contributed by atoms with Crippen LogP contribution in [0.3, 0.4) is 0 Å². The van der Waals surface area contributed by atoms with Crippen molar-refractivity contribution >= 4 is 17.7 Å². The molecule has 5 nitrogen and oxygen atoms in total. The summed E-state index contributed by atoms with van der Waals surface area (Å²) in [6, 6.07) is 6.31. The second kappa shape index (κ2) is 7.25. The second-order valence-electron chi connectivity index (χ2n) is 7.37. The predicted molar refractivity (Wildman–Crippen MR) is 96.1 cm³/mol. The molecule has 2 atom stereocenters. The molecule has 0 saturated carbocycles. The van der Waals surface area contributed by atoms with Crippen molar-refractivity contribution in [2.24, 2.45) is 0 Å². The number of aliphatic hydroxyl groups is 1. The van der Waals surface area contributed by atoms with E-state index in [2.05, 4.69) is 11.8 Å². The van der Waals surface area contributed by atoms with Crippen molar-refractivity contribution in [3.63, 3.8) is 0 Å². The van der Waals surface area contributed by atoms with Crippen LogP contribution in [0.5, 0.6) is 0 Å². The number of nitrogens with zero attached hydrogens (tertiary/aromatic N) is 1. The van der Waals surface area contributed by atoms with Gasteiger partial charge in [-0.1, -0.05) is 35.6 Å². The van der Waals surface area contributed by atoms with Gasteiger partial charge in [0.2, 0.25) is 0 Å². The summed E-state index contributed by atoms with van der Waals surface area (Å²) in [4.78, 5) is 14.0. The van der Waals surface area contributed by atoms with Crippen LogP contribution in [0.25, 0.3) is 0 Å². The Morgan fingerprint density at radius 2 is 2.00 bits per heavy atom. The Morgan fingerprint density at radius 3 is 2.56 bits per heavy atom. The first kappa shape index (κ1) is 19.6. The predicted octanol–water partition coefficient (Wildman–Crippen LogP) is 3.75. The molecule has 6 heteroatoms. The van der Waals surface area contributed by atoms with Crippen LogP contribution < -0.4 is 0 Å². The first-order valence-corrected chi connectivity index (χ1v) is 8.48. The molecule has 1 aliphatic heterocycles. The molecule has 1 amide bonds. The number of carbonyl (C=O) groups is 1. The van der Waals surface area contributed by atoms with Crippen LogP contribution in [0.2, 0.25) is 5.02 Å². The Bertz CT molecular complexity index is 682. The van der Waals surface area contributed by atoms with Gasteiger partial charge in [0.25, 0.3) is 0 Å². The zero-order valence-corrected chi connectivity index (χ0v) is 15.9. The highest BCUT2D eigenvalue weighted by Crippen LogP contribution is 2.29. The Kier molecular flexibility index (Phi) is 5.68. The van der Waals surface area contributed by atoms with E-state index < -0.39 is 29.6 Å². The van der Waals surface area contributed by atoms with Crippen molar-refractivity contribution in [2.75, 3.05) is 6.61 Å². The highest BCUT2D eigenvalue weighted by molar-refractivity contribution is 6.30. The molecule has 1 saturated heterocycles. The van der Waals surface area contributed by atoms with Gasteiger partial charge in [0.15, 0.2) is 0 Å². The molecule has 2 rings (SSSR count). The average Bonchev–Trinajstić information content (AvgIpc) is 2.78. The van der Waals surface area contributed by atoms with Crippen molar-refractivity contribution < 1.29 is 19.4 Å². The summed E-state index contributed by atoms with van der Waals surface area (Å²) >= 11 is 5.84. The zero-order valence-electron chi connectivity index (χ0n) is 15.2. The summed E-state index contributed by atoms with van der Waals surface area (Å²) in [5.74, 6) is 5.71. The molecule has 1 aliphatic rings. The van der Waals surface area contributed by atoms with E-state index in [1.54, 1.807) is 58.9 Å². The van der Waals surface area contributed by atoms with Gasteiger partial charge >= 0.3 is 6.09 Å². The molecule has 0 bridgehead atoms. The monoisotopic (exact) mass is 365 g/mol. The van der Waals surface area contributed by atoms with Crippen LogP contribution in [0.4, 0.5) is 4.79 Å². The lowest BCUT2D eigenvalue weighted by Gasteiger charge is -2.33. The van der Waals surface area contributed by atoms with Gasteiger partial charge in [-0.05, 0) is 52.3 Å². The largest absolute Gasteiger partial charge is 0.444 e. The van der Waals surface area contributed by atoms with Crippen LogP contribution in [0, 0.1) is 11.8 Å². The number of hydrogen-bond acceptors (Lipinski definition) is 4. The number of carbonyl (C=O) groups excluding carboxylic acids is 1. The standard InChI is InChI=1S/C19H24ClNO4/c1-18(2,3)25-17(23)21-15(12-24-19(21,4)5)10-11-16(22)13-6-8-14(20)9-7-13/h6-9,15-16,22H,12H2,1-5H3. The van der Waals surface area contributed by atoms with Gasteiger partial charge in [-0.2, -0.15) is 0 Å². The zero-order chi connectivity index (χ0) is 18.8. The van der Waals surface area contributed by atoms with Gasteiger partial charge in [-0.3, -0.25) is 4.90 Å². The highest BCUT2D eigenvalue weighted by atomic mass is 35.5. The first-order valence-electron chi connectivity index (χ1n) is 8.10. The summed E-state index contributed by atoms with van der Waals surface area (Å²) in [5, 5.41) is 10.8. The fourth-order valence-corrected chi connectivity index (χ4v) is 2.60.